The molecule has 4 nitrogen and oxygen atoms in total. The van der Waals surface area contributed by atoms with E-state index < -0.39 is 0 Å². The summed E-state index contributed by atoms with van der Waals surface area (Å²) in [7, 11) is 0. The molecule has 0 spiro atoms. The molecule has 8 rings (SSSR count). The quantitative estimate of drug-likeness (QED) is 0.227. The Hall–Kier alpha value is -6.10. The average Bonchev–Trinajstić information content (AvgIpc) is 3.58. The number of nitriles is 2. The molecule has 0 unspecified atom stereocenters. The van der Waals surface area contributed by atoms with Gasteiger partial charge in [0.1, 0.15) is 0 Å². The number of fused-ring (bicyclic) bond motifs is 6. The lowest BCUT2D eigenvalue weighted by atomic mass is 9.99. The van der Waals surface area contributed by atoms with Crippen LogP contribution in [0.15, 0.2) is 133 Å². The summed E-state index contributed by atoms with van der Waals surface area (Å²) in [4.78, 5) is 0. The summed E-state index contributed by atoms with van der Waals surface area (Å²) >= 11 is 0. The van der Waals surface area contributed by atoms with E-state index >= 15 is 0 Å². The molecule has 2 heterocycles. The Morgan fingerprint density at radius 3 is 1.60 bits per heavy atom. The fraction of sp³-hybridized carbons (Fsp3) is 0. The van der Waals surface area contributed by atoms with Crippen molar-refractivity contribution >= 4 is 43.6 Å². The van der Waals surface area contributed by atoms with Crippen molar-refractivity contribution in [3.63, 3.8) is 0 Å². The lowest BCUT2D eigenvalue weighted by Crippen LogP contribution is -1.98. The number of benzene rings is 6. The van der Waals surface area contributed by atoms with Gasteiger partial charge in [-0.1, -0.05) is 72.8 Å². The molecule has 0 amide bonds. The van der Waals surface area contributed by atoms with Crippen LogP contribution in [0.5, 0.6) is 0 Å². The topological polar surface area (TPSA) is 57.4 Å². The predicted molar refractivity (Wildman–Crippen MR) is 170 cm³/mol. The second-order valence-corrected chi connectivity index (χ2v) is 10.4. The van der Waals surface area contributed by atoms with Gasteiger partial charge in [-0.15, -0.1) is 0 Å². The lowest BCUT2D eigenvalue weighted by Gasteiger charge is -2.15. The van der Waals surface area contributed by atoms with Gasteiger partial charge >= 0.3 is 0 Å². The fourth-order valence-corrected chi connectivity index (χ4v) is 6.39. The van der Waals surface area contributed by atoms with Gasteiger partial charge in [0, 0.05) is 44.0 Å². The normalized spacial score (nSPS) is 11.3. The van der Waals surface area contributed by atoms with Crippen molar-refractivity contribution in [1.29, 1.82) is 10.5 Å². The van der Waals surface area contributed by atoms with Crippen molar-refractivity contribution < 1.29 is 0 Å². The molecule has 42 heavy (non-hydrogen) atoms. The molecule has 6 aromatic carbocycles. The van der Waals surface area contributed by atoms with E-state index in [0.717, 1.165) is 55.3 Å². The predicted octanol–water partition coefficient (Wildman–Crippen LogP) is 9.29. The average molecular weight is 535 g/mol. The summed E-state index contributed by atoms with van der Waals surface area (Å²) in [5.74, 6) is 0. The summed E-state index contributed by atoms with van der Waals surface area (Å²) < 4.78 is 4.62. The van der Waals surface area contributed by atoms with Crippen LogP contribution in [0.1, 0.15) is 11.1 Å². The molecule has 4 heteroatoms. The zero-order chi connectivity index (χ0) is 28.2. The second-order valence-electron chi connectivity index (χ2n) is 10.4. The maximum Gasteiger partial charge on any atom is 0.0991 e. The van der Waals surface area contributed by atoms with E-state index in [-0.39, 0.29) is 0 Å². The summed E-state index contributed by atoms with van der Waals surface area (Å²) in [5.41, 5.74) is 9.93. The summed E-state index contributed by atoms with van der Waals surface area (Å²) in [6.45, 7) is 0. The summed E-state index contributed by atoms with van der Waals surface area (Å²) in [6, 6.07) is 50.2. The maximum absolute atomic E-state index is 9.71. The molecule has 2 aromatic heterocycles. The van der Waals surface area contributed by atoms with Crippen LogP contribution in [0.3, 0.4) is 0 Å². The van der Waals surface area contributed by atoms with E-state index in [1.807, 2.05) is 42.5 Å². The molecule has 0 radical (unpaired) electrons. The van der Waals surface area contributed by atoms with E-state index in [9.17, 15) is 10.5 Å². The standard InChI is InChI=1S/C38H22N4/c39-23-25-16-19-28(20-17-25)42-35-15-5-4-10-29(35)30-11-6-12-31(37(30)42)32-13-7-14-33-34-22-26(24-40)18-21-36(34)41(38(32)33)27-8-2-1-3-9-27/h1-22H. The highest BCUT2D eigenvalue weighted by atomic mass is 15.0. The van der Waals surface area contributed by atoms with Crippen LogP contribution < -0.4 is 0 Å². The molecule has 0 atom stereocenters. The third kappa shape index (κ3) is 3.40. The SMILES string of the molecule is N#Cc1ccc(-n2c3ccccc3c3cccc(-c4cccc5c6cc(C#N)ccc6n(-c6ccccc6)c45)c32)cc1. The third-order valence-electron chi connectivity index (χ3n) is 8.17. The van der Waals surface area contributed by atoms with Gasteiger partial charge in [0.2, 0.25) is 0 Å². The van der Waals surface area contributed by atoms with Gasteiger partial charge in [0.15, 0.2) is 0 Å². The minimum absolute atomic E-state index is 0.633. The van der Waals surface area contributed by atoms with Crippen LogP contribution in [-0.4, -0.2) is 9.13 Å². The third-order valence-corrected chi connectivity index (χ3v) is 8.17. The Kier molecular flexibility index (Phi) is 5.22. The molecule has 0 N–H and O–H groups in total. The summed E-state index contributed by atoms with van der Waals surface area (Å²) in [6.07, 6.45) is 0. The van der Waals surface area contributed by atoms with Gasteiger partial charge in [0.05, 0.1) is 45.3 Å². The van der Waals surface area contributed by atoms with Crippen LogP contribution in [-0.2, 0) is 0 Å². The number of para-hydroxylation sites is 4. The van der Waals surface area contributed by atoms with E-state index in [1.54, 1.807) is 0 Å². The highest BCUT2D eigenvalue weighted by Crippen LogP contribution is 2.43. The van der Waals surface area contributed by atoms with Gasteiger partial charge < -0.3 is 9.13 Å². The minimum atomic E-state index is 0.633. The number of hydrogen-bond donors (Lipinski definition) is 0. The van der Waals surface area contributed by atoms with Crippen molar-refractivity contribution in [2.75, 3.05) is 0 Å². The Morgan fingerprint density at radius 1 is 0.405 bits per heavy atom. The molecule has 0 saturated heterocycles. The largest absolute Gasteiger partial charge is 0.309 e. The Balaban J connectivity index is 1.55. The van der Waals surface area contributed by atoms with Gasteiger partial charge in [-0.05, 0) is 60.7 Å². The Labute approximate surface area is 242 Å². The van der Waals surface area contributed by atoms with Crippen molar-refractivity contribution in [2.24, 2.45) is 0 Å². The van der Waals surface area contributed by atoms with Crippen LogP contribution >= 0.6 is 0 Å². The van der Waals surface area contributed by atoms with Gasteiger partial charge in [-0.25, -0.2) is 0 Å². The molecule has 0 bridgehead atoms. The number of nitrogens with zero attached hydrogens (tertiary/aromatic N) is 4. The van der Waals surface area contributed by atoms with Crippen molar-refractivity contribution in [3.05, 3.63) is 145 Å². The first-order chi connectivity index (χ1) is 20.8. The first-order valence-electron chi connectivity index (χ1n) is 13.8. The Morgan fingerprint density at radius 2 is 0.929 bits per heavy atom. The molecule has 194 valence electrons. The van der Waals surface area contributed by atoms with E-state index in [2.05, 4.69) is 112 Å². The molecular formula is C38H22N4. The van der Waals surface area contributed by atoms with E-state index in [0.29, 0.717) is 11.1 Å². The zero-order valence-electron chi connectivity index (χ0n) is 22.5. The molecule has 0 fully saturated rings. The van der Waals surface area contributed by atoms with Crippen LogP contribution in [0, 0.1) is 22.7 Å². The molecule has 8 aromatic rings. The van der Waals surface area contributed by atoms with Crippen LogP contribution in [0.4, 0.5) is 0 Å². The second kappa shape index (κ2) is 9.24. The maximum atomic E-state index is 9.71. The van der Waals surface area contributed by atoms with Gasteiger partial charge in [-0.2, -0.15) is 10.5 Å². The van der Waals surface area contributed by atoms with Crippen LogP contribution in [0.25, 0.3) is 66.1 Å². The van der Waals surface area contributed by atoms with E-state index in [4.69, 9.17) is 0 Å². The monoisotopic (exact) mass is 534 g/mol. The van der Waals surface area contributed by atoms with Gasteiger partial charge in [0.25, 0.3) is 0 Å². The number of rotatable bonds is 3. The minimum Gasteiger partial charge on any atom is -0.309 e. The zero-order valence-corrected chi connectivity index (χ0v) is 22.5. The highest BCUT2D eigenvalue weighted by molar-refractivity contribution is 6.19. The fourth-order valence-electron chi connectivity index (χ4n) is 6.39. The Bertz CT molecular complexity index is 2410. The molecule has 0 aliphatic carbocycles. The molecule has 0 aliphatic heterocycles. The number of hydrogen-bond acceptors (Lipinski definition) is 2. The van der Waals surface area contributed by atoms with Crippen molar-refractivity contribution in [2.45, 2.75) is 0 Å². The van der Waals surface area contributed by atoms with E-state index in [1.165, 1.54) is 10.8 Å². The first-order valence-corrected chi connectivity index (χ1v) is 13.8. The summed E-state index contributed by atoms with van der Waals surface area (Å²) in [5, 5.41) is 23.6. The van der Waals surface area contributed by atoms with Crippen LogP contribution in [0.2, 0.25) is 0 Å². The first kappa shape index (κ1) is 23.8. The van der Waals surface area contributed by atoms with Crippen molar-refractivity contribution in [3.8, 4) is 34.6 Å². The lowest BCUT2D eigenvalue weighted by molar-refractivity contribution is 1.17. The smallest absolute Gasteiger partial charge is 0.0991 e. The molecular weight excluding hydrogens is 512 g/mol. The van der Waals surface area contributed by atoms with Crippen molar-refractivity contribution in [1.82, 2.24) is 9.13 Å². The molecule has 0 aliphatic rings. The number of aromatic nitrogens is 2. The van der Waals surface area contributed by atoms with Gasteiger partial charge in [-0.3, -0.25) is 0 Å². The molecule has 0 saturated carbocycles. The highest BCUT2D eigenvalue weighted by Gasteiger charge is 2.21.